The Bertz CT molecular complexity index is 826. The smallest absolute Gasteiger partial charge is 0.328 e. The zero-order valence-corrected chi connectivity index (χ0v) is 15.2. The van der Waals surface area contributed by atoms with Crippen molar-refractivity contribution in [3.63, 3.8) is 0 Å². The summed E-state index contributed by atoms with van der Waals surface area (Å²) in [4.78, 5) is 23.8. The zero-order valence-electron chi connectivity index (χ0n) is 15.2. The lowest BCUT2D eigenvalue weighted by Crippen LogP contribution is -2.44. The van der Waals surface area contributed by atoms with Crippen LogP contribution < -0.4 is 5.32 Å². The molecule has 2 N–H and O–H groups in total. The first kappa shape index (κ1) is 19.4. The van der Waals surface area contributed by atoms with Gasteiger partial charge in [-0.2, -0.15) is 5.10 Å². The van der Waals surface area contributed by atoms with Gasteiger partial charge in [0.05, 0.1) is 36.4 Å². The van der Waals surface area contributed by atoms with Gasteiger partial charge in [-0.3, -0.25) is 4.79 Å². The first-order valence-corrected chi connectivity index (χ1v) is 8.19. The van der Waals surface area contributed by atoms with Crippen molar-refractivity contribution in [3.05, 3.63) is 59.4 Å². The molecule has 0 aliphatic heterocycles. The van der Waals surface area contributed by atoms with E-state index in [1.807, 2.05) is 32.0 Å². The van der Waals surface area contributed by atoms with E-state index in [0.717, 1.165) is 16.8 Å². The van der Waals surface area contributed by atoms with Crippen LogP contribution in [0, 0.1) is 20.8 Å². The summed E-state index contributed by atoms with van der Waals surface area (Å²) < 4.78 is 6.82. The van der Waals surface area contributed by atoms with E-state index in [2.05, 4.69) is 17.0 Å². The van der Waals surface area contributed by atoms with Gasteiger partial charge in [0.2, 0.25) is 0 Å². The predicted molar refractivity (Wildman–Crippen MR) is 97.7 cm³/mol. The second-order valence-corrected chi connectivity index (χ2v) is 6.04. The van der Waals surface area contributed by atoms with E-state index < -0.39 is 17.9 Å². The van der Waals surface area contributed by atoms with E-state index in [1.54, 1.807) is 11.6 Å². The molecule has 0 saturated heterocycles. The second kappa shape index (κ2) is 8.44. The lowest BCUT2D eigenvalue weighted by atomic mass is 10.1. The summed E-state index contributed by atoms with van der Waals surface area (Å²) in [5.74, 6) is -1.67. The second-order valence-electron chi connectivity index (χ2n) is 6.04. The van der Waals surface area contributed by atoms with Crippen LogP contribution >= 0.6 is 0 Å². The third kappa shape index (κ3) is 4.37. The number of hydrogen-bond acceptors (Lipinski definition) is 4. The number of aryl methyl sites for hydroxylation is 2. The molecule has 0 aliphatic rings. The summed E-state index contributed by atoms with van der Waals surface area (Å²) in [6.45, 7) is 9.29. The number of nitrogens with zero attached hydrogens (tertiary/aromatic N) is 2. The zero-order chi connectivity index (χ0) is 19.3. The monoisotopic (exact) mass is 357 g/mol. The summed E-state index contributed by atoms with van der Waals surface area (Å²) in [5, 5.41) is 16.0. The number of carboxylic acids is 1. The van der Waals surface area contributed by atoms with Crippen molar-refractivity contribution >= 4 is 11.9 Å². The third-order valence-electron chi connectivity index (χ3n) is 3.97. The standard InChI is InChI=1S/C19H23N3O4/c1-5-8-26-11-16(19(24)25)21-18(23)15-10-20-22(14(15)4)17-9-12(2)6-7-13(17)3/h5-7,9-10,16H,1,8,11H2,2-4H3,(H,21,23)(H,24,25). The molecule has 0 aliphatic carbocycles. The van der Waals surface area contributed by atoms with Gasteiger partial charge in [-0.1, -0.05) is 18.2 Å². The summed E-state index contributed by atoms with van der Waals surface area (Å²) in [5.41, 5.74) is 3.94. The number of carbonyl (C=O) groups is 2. The molecule has 2 aromatic rings. The van der Waals surface area contributed by atoms with Crippen LogP contribution in [0.4, 0.5) is 0 Å². The largest absolute Gasteiger partial charge is 0.480 e. The Morgan fingerprint density at radius 2 is 2.12 bits per heavy atom. The van der Waals surface area contributed by atoms with Crippen LogP contribution in [0.1, 0.15) is 27.2 Å². The van der Waals surface area contributed by atoms with Crippen LogP contribution in [0.3, 0.4) is 0 Å². The Morgan fingerprint density at radius 3 is 2.77 bits per heavy atom. The minimum atomic E-state index is -1.16. The normalized spacial score (nSPS) is 11.8. The molecule has 0 spiro atoms. The van der Waals surface area contributed by atoms with Gasteiger partial charge >= 0.3 is 5.97 Å². The van der Waals surface area contributed by atoms with Crippen LogP contribution in [0.5, 0.6) is 0 Å². The number of carbonyl (C=O) groups excluding carboxylic acids is 1. The van der Waals surface area contributed by atoms with E-state index >= 15 is 0 Å². The summed E-state index contributed by atoms with van der Waals surface area (Å²) in [6.07, 6.45) is 2.95. The molecule has 1 heterocycles. The Morgan fingerprint density at radius 1 is 1.38 bits per heavy atom. The topological polar surface area (TPSA) is 93.5 Å². The molecule has 1 amide bonds. The Kier molecular flexibility index (Phi) is 6.30. The van der Waals surface area contributed by atoms with E-state index in [9.17, 15) is 14.7 Å². The average Bonchev–Trinajstić information content (AvgIpc) is 2.97. The number of amides is 1. The number of rotatable bonds is 8. The van der Waals surface area contributed by atoms with Gasteiger partial charge in [0.15, 0.2) is 6.04 Å². The Hall–Kier alpha value is -2.93. The highest BCUT2D eigenvalue weighted by Crippen LogP contribution is 2.19. The van der Waals surface area contributed by atoms with Gasteiger partial charge in [0.1, 0.15) is 0 Å². The summed E-state index contributed by atoms with van der Waals surface area (Å²) >= 11 is 0. The fourth-order valence-electron chi connectivity index (χ4n) is 2.50. The molecule has 1 aromatic heterocycles. The van der Waals surface area contributed by atoms with Gasteiger partial charge in [0, 0.05) is 0 Å². The number of aromatic nitrogens is 2. The first-order chi connectivity index (χ1) is 12.3. The van der Waals surface area contributed by atoms with Crippen molar-refractivity contribution in [2.45, 2.75) is 26.8 Å². The minimum Gasteiger partial charge on any atom is -0.480 e. The molecular formula is C19H23N3O4. The van der Waals surface area contributed by atoms with E-state index in [-0.39, 0.29) is 13.2 Å². The average molecular weight is 357 g/mol. The molecule has 138 valence electrons. The Balaban J connectivity index is 2.22. The van der Waals surface area contributed by atoms with Crippen molar-refractivity contribution in [1.82, 2.24) is 15.1 Å². The van der Waals surface area contributed by atoms with Crippen LogP contribution in [-0.2, 0) is 9.53 Å². The van der Waals surface area contributed by atoms with Crippen molar-refractivity contribution in [2.24, 2.45) is 0 Å². The highest BCUT2D eigenvalue weighted by atomic mass is 16.5. The van der Waals surface area contributed by atoms with Gasteiger partial charge < -0.3 is 15.2 Å². The number of nitrogens with one attached hydrogen (secondary N) is 1. The highest BCUT2D eigenvalue weighted by molar-refractivity contribution is 5.97. The molecule has 1 aromatic carbocycles. The van der Waals surface area contributed by atoms with Crippen LogP contribution in [0.15, 0.2) is 37.1 Å². The predicted octanol–water partition coefficient (Wildman–Crippen LogP) is 2.18. The third-order valence-corrected chi connectivity index (χ3v) is 3.97. The van der Waals surface area contributed by atoms with Gasteiger partial charge in [-0.05, 0) is 38.0 Å². The lowest BCUT2D eigenvalue weighted by molar-refractivity contribution is -0.140. The van der Waals surface area contributed by atoms with Gasteiger partial charge in [-0.15, -0.1) is 6.58 Å². The fraction of sp³-hybridized carbons (Fsp3) is 0.316. The molecule has 0 radical (unpaired) electrons. The maximum atomic E-state index is 12.5. The van der Waals surface area contributed by atoms with Crippen LogP contribution in [0.2, 0.25) is 0 Å². The number of carboxylic acid groups (broad SMARTS) is 1. The van der Waals surface area contributed by atoms with E-state index in [0.29, 0.717) is 11.3 Å². The van der Waals surface area contributed by atoms with Gasteiger partial charge in [0.25, 0.3) is 5.91 Å². The first-order valence-electron chi connectivity index (χ1n) is 8.19. The van der Waals surface area contributed by atoms with Crippen LogP contribution in [0.25, 0.3) is 5.69 Å². The lowest BCUT2D eigenvalue weighted by Gasteiger charge is -2.14. The van der Waals surface area contributed by atoms with Crippen molar-refractivity contribution in [3.8, 4) is 5.69 Å². The van der Waals surface area contributed by atoms with E-state index in [1.165, 1.54) is 12.3 Å². The molecule has 1 atom stereocenters. The quantitative estimate of drug-likeness (QED) is 0.558. The SMILES string of the molecule is C=CCOCC(NC(=O)c1cnn(-c2cc(C)ccc2C)c1C)C(=O)O. The van der Waals surface area contributed by atoms with E-state index in [4.69, 9.17) is 4.74 Å². The molecule has 2 rings (SSSR count). The van der Waals surface area contributed by atoms with Crippen molar-refractivity contribution < 1.29 is 19.4 Å². The highest BCUT2D eigenvalue weighted by Gasteiger charge is 2.23. The minimum absolute atomic E-state index is 0.142. The molecule has 0 fully saturated rings. The molecule has 1 unspecified atom stereocenters. The van der Waals surface area contributed by atoms with Crippen molar-refractivity contribution in [2.75, 3.05) is 13.2 Å². The molecule has 0 bridgehead atoms. The number of hydrogen-bond donors (Lipinski definition) is 2. The maximum Gasteiger partial charge on any atom is 0.328 e. The number of benzene rings is 1. The van der Waals surface area contributed by atoms with Crippen LogP contribution in [-0.4, -0.2) is 46.0 Å². The molecule has 7 nitrogen and oxygen atoms in total. The summed E-state index contributed by atoms with van der Waals surface area (Å²) in [7, 11) is 0. The molecule has 26 heavy (non-hydrogen) atoms. The van der Waals surface area contributed by atoms with Crippen molar-refractivity contribution in [1.29, 1.82) is 0 Å². The maximum absolute atomic E-state index is 12.5. The van der Waals surface area contributed by atoms with Gasteiger partial charge in [-0.25, -0.2) is 9.48 Å². The molecule has 0 saturated carbocycles. The molecule has 7 heteroatoms. The fourth-order valence-corrected chi connectivity index (χ4v) is 2.50. The number of ether oxygens (including phenoxy) is 1. The molecular weight excluding hydrogens is 334 g/mol. The number of aliphatic carboxylic acids is 1. The summed E-state index contributed by atoms with van der Waals surface area (Å²) in [6, 6.07) is 4.83. The Labute approximate surface area is 152 Å².